The maximum atomic E-state index is 12.1. The average molecular weight is 408 g/mol. The predicted molar refractivity (Wildman–Crippen MR) is 107 cm³/mol. The zero-order valence-corrected chi connectivity index (χ0v) is 16.9. The van der Waals surface area contributed by atoms with Gasteiger partial charge in [0.15, 0.2) is 9.47 Å². The summed E-state index contributed by atoms with van der Waals surface area (Å²) in [5.74, 6) is 1.60. The molecule has 0 saturated carbocycles. The van der Waals surface area contributed by atoms with E-state index >= 15 is 0 Å². The van der Waals surface area contributed by atoms with Crippen LogP contribution in [-0.4, -0.2) is 35.8 Å². The van der Waals surface area contributed by atoms with Gasteiger partial charge in [-0.15, -0.1) is 22.7 Å². The molecule has 9 heteroatoms. The van der Waals surface area contributed by atoms with E-state index in [2.05, 4.69) is 15.3 Å². The number of thioether (sulfide) groups is 1. The zero-order chi connectivity index (χ0) is 18.5. The van der Waals surface area contributed by atoms with Gasteiger partial charge in [0.05, 0.1) is 25.7 Å². The van der Waals surface area contributed by atoms with E-state index in [0.717, 1.165) is 27.0 Å². The van der Waals surface area contributed by atoms with Crippen LogP contribution in [0.4, 0.5) is 5.13 Å². The van der Waals surface area contributed by atoms with Crippen molar-refractivity contribution in [2.45, 2.75) is 11.3 Å². The van der Waals surface area contributed by atoms with E-state index in [9.17, 15) is 4.79 Å². The van der Waals surface area contributed by atoms with Gasteiger partial charge in [-0.3, -0.25) is 4.79 Å². The fraction of sp³-hybridized carbons (Fsp3) is 0.235. The van der Waals surface area contributed by atoms with Crippen molar-refractivity contribution < 1.29 is 14.3 Å². The Hall–Kier alpha value is -2.10. The van der Waals surface area contributed by atoms with Gasteiger partial charge >= 0.3 is 0 Å². The van der Waals surface area contributed by atoms with Crippen LogP contribution >= 0.6 is 34.4 Å². The van der Waals surface area contributed by atoms with Crippen LogP contribution in [0.25, 0.3) is 11.3 Å². The lowest BCUT2D eigenvalue weighted by atomic mass is 10.1. The van der Waals surface area contributed by atoms with Crippen molar-refractivity contribution in [3.05, 3.63) is 34.7 Å². The minimum Gasteiger partial charge on any atom is -0.497 e. The van der Waals surface area contributed by atoms with Gasteiger partial charge in [0, 0.05) is 22.0 Å². The molecule has 0 fully saturated rings. The van der Waals surface area contributed by atoms with Crippen molar-refractivity contribution in [1.29, 1.82) is 0 Å². The molecule has 2 aromatic heterocycles. The molecule has 1 aromatic carbocycles. The number of aryl methyl sites for hydroxylation is 1. The smallest absolute Gasteiger partial charge is 0.236 e. The number of nitrogens with one attached hydrogen (secondary N) is 1. The molecule has 0 unspecified atom stereocenters. The summed E-state index contributed by atoms with van der Waals surface area (Å²) >= 11 is 4.33. The first-order valence-corrected chi connectivity index (χ1v) is 10.4. The monoisotopic (exact) mass is 407 g/mol. The molecule has 0 saturated heterocycles. The number of aromatic nitrogens is 2. The quantitative estimate of drug-likeness (QED) is 0.588. The third kappa shape index (κ3) is 4.54. The van der Waals surface area contributed by atoms with Crippen LogP contribution in [0.3, 0.4) is 0 Å². The molecule has 0 aliphatic carbocycles. The molecule has 1 amide bonds. The first kappa shape index (κ1) is 18.7. The average Bonchev–Trinajstić information content (AvgIpc) is 3.28. The number of nitrogens with zero attached hydrogens (tertiary/aromatic N) is 2. The number of thiazole rings is 2. The SMILES string of the molecule is COc1ccc(OC)c(-c2csc(NC(=O)CSc3nc(C)cs3)n2)c1. The summed E-state index contributed by atoms with van der Waals surface area (Å²) in [6.45, 7) is 1.94. The van der Waals surface area contributed by atoms with Crippen LogP contribution in [0.5, 0.6) is 11.5 Å². The van der Waals surface area contributed by atoms with E-state index in [4.69, 9.17) is 9.47 Å². The van der Waals surface area contributed by atoms with Gasteiger partial charge in [0.1, 0.15) is 11.5 Å². The number of amides is 1. The molecular formula is C17H17N3O3S3. The molecule has 26 heavy (non-hydrogen) atoms. The lowest BCUT2D eigenvalue weighted by Gasteiger charge is -2.08. The van der Waals surface area contributed by atoms with Gasteiger partial charge in [-0.25, -0.2) is 9.97 Å². The number of carbonyl (C=O) groups excluding carboxylic acids is 1. The zero-order valence-electron chi connectivity index (χ0n) is 14.4. The Kier molecular flexibility index (Phi) is 6.12. The Bertz CT molecular complexity index is 908. The van der Waals surface area contributed by atoms with Crippen LogP contribution in [0, 0.1) is 6.92 Å². The highest BCUT2D eigenvalue weighted by molar-refractivity contribution is 8.01. The number of ether oxygens (including phenoxy) is 2. The number of hydrogen-bond donors (Lipinski definition) is 1. The van der Waals surface area contributed by atoms with Crippen molar-refractivity contribution >= 4 is 45.5 Å². The Balaban J connectivity index is 1.67. The normalized spacial score (nSPS) is 10.6. The van der Waals surface area contributed by atoms with Crippen molar-refractivity contribution in [1.82, 2.24) is 9.97 Å². The summed E-state index contributed by atoms with van der Waals surface area (Å²) in [6.07, 6.45) is 0. The summed E-state index contributed by atoms with van der Waals surface area (Å²) in [5, 5.41) is 7.22. The van der Waals surface area contributed by atoms with Gasteiger partial charge in [0.2, 0.25) is 5.91 Å². The molecule has 0 bridgehead atoms. The second kappa shape index (κ2) is 8.52. The molecule has 0 radical (unpaired) electrons. The number of hydrogen-bond acceptors (Lipinski definition) is 8. The first-order valence-electron chi connectivity index (χ1n) is 7.61. The third-order valence-corrected chi connectivity index (χ3v) is 6.25. The van der Waals surface area contributed by atoms with E-state index in [1.807, 2.05) is 35.9 Å². The predicted octanol–water partition coefficient (Wildman–Crippen LogP) is 4.32. The summed E-state index contributed by atoms with van der Waals surface area (Å²) < 4.78 is 11.5. The summed E-state index contributed by atoms with van der Waals surface area (Å²) in [5.41, 5.74) is 2.51. The Morgan fingerprint density at radius 2 is 2.04 bits per heavy atom. The molecule has 2 heterocycles. The van der Waals surface area contributed by atoms with Crippen LogP contribution in [-0.2, 0) is 4.79 Å². The van der Waals surface area contributed by atoms with E-state index in [0.29, 0.717) is 16.6 Å². The van der Waals surface area contributed by atoms with Gasteiger partial charge < -0.3 is 14.8 Å². The second-order valence-electron chi connectivity index (χ2n) is 5.20. The molecule has 3 rings (SSSR count). The van der Waals surface area contributed by atoms with Gasteiger partial charge in [-0.05, 0) is 25.1 Å². The highest BCUT2D eigenvalue weighted by atomic mass is 32.2. The largest absolute Gasteiger partial charge is 0.497 e. The summed E-state index contributed by atoms with van der Waals surface area (Å²) in [7, 11) is 3.22. The number of benzene rings is 1. The molecule has 136 valence electrons. The van der Waals surface area contributed by atoms with Crippen molar-refractivity contribution in [2.24, 2.45) is 0 Å². The van der Waals surface area contributed by atoms with Gasteiger partial charge in [-0.1, -0.05) is 11.8 Å². The van der Waals surface area contributed by atoms with Crippen LogP contribution < -0.4 is 14.8 Å². The standard InChI is InChI=1S/C17H17N3O3S3/c1-10-7-25-17(18-10)26-9-15(21)20-16-19-13(8-24-16)12-6-11(22-2)4-5-14(12)23-3/h4-8H,9H2,1-3H3,(H,19,20,21). The fourth-order valence-electron chi connectivity index (χ4n) is 2.15. The molecule has 0 aliphatic rings. The fourth-order valence-corrected chi connectivity index (χ4v) is 4.53. The van der Waals surface area contributed by atoms with Crippen molar-refractivity contribution in [2.75, 3.05) is 25.3 Å². The number of anilines is 1. The molecule has 3 aromatic rings. The minimum atomic E-state index is -0.110. The van der Waals surface area contributed by atoms with Gasteiger partial charge in [-0.2, -0.15) is 0 Å². The summed E-state index contributed by atoms with van der Waals surface area (Å²) in [6, 6.07) is 5.52. The van der Waals surface area contributed by atoms with E-state index in [1.54, 1.807) is 14.2 Å². The molecule has 0 atom stereocenters. The van der Waals surface area contributed by atoms with E-state index < -0.39 is 0 Å². The maximum Gasteiger partial charge on any atom is 0.236 e. The van der Waals surface area contributed by atoms with Crippen LogP contribution in [0.15, 0.2) is 33.3 Å². The summed E-state index contributed by atoms with van der Waals surface area (Å²) in [4.78, 5) is 21.0. The van der Waals surface area contributed by atoms with Crippen LogP contribution in [0.2, 0.25) is 0 Å². The molecule has 0 spiro atoms. The van der Waals surface area contributed by atoms with Crippen molar-refractivity contribution in [3.8, 4) is 22.8 Å². The highest BCUT2D eigenvalue weighted by Gasteiger charge is 2.13. The highest BCUT2D eigenvalue weighted by Crippen LogP contribution is 2.35. The van der Waals surface area contributed by atoms with Crippen LogP contribution in [0.1, 0.15) is 5.69 Å². The maximum absolute atomic E-state index is 12.1. The molecule has 1 N–H and O–H groups in total. The minimum absolute atomic E-state index is 0.110. The lowest BCUT2D eigenvalue weighted by molar-refractivity contribution is -0.113. The van der Waals surface area contributed by atoms with Crippen molar-refractivity contribution in [3.63, 3.8) is 0 Å². The Morgan fingerprint density at radius 3 is 2.73 bits per heavy atom. The van der Waals surface area contributed by atoms with E-state index in [1.165, 1.54) is 34.4 Å². The Morgan fingerprint density at radius 1 is 1.19 bits per heavy atom. The number of rotatable bonds is 7. The first-order chi connectivity index (χ1) is 12.6. The third-order valence-electron chi connectivity index (χ3n) is 3.36. The molecule has 0 aliphatic heterocycles. The topological polar surface area (TPSA) is 73.3 Å². The van der Waals surface area contributed by atoms with Gasteiger partial charge in [0.25, 0.3) is 0 Å². The molecule has 6 nitrogen and oxygen atoms in total. The Labute approximate surface area is 163 Å². The second-order valence-corrected chi connectivity index (χ2v) is 8.13. The number of carbonyl (C=O) groups is 1. The van der Waals surface area contributed by atoms with E-state index in [-0.39, 0.29) is 5.91 Å². The lowest BCUT2D eigenvalue weighted by Crippen LogP contribution is -2.13. The number of methoxy groups -OCH3 is 2. The molecular weight excluding hydrogens is 390 g/mol.